The lowest BCUT2D eigenvalue weighted by molar-refractivity contribution is -0.128. The number of hydrogen-bond acceptors (Lipinski definition) is 3. The van der Waals surface area contributed by atoms with Crippen LogP contribution in [0.5, 0.6) is 0 Å². The van der Waals surface area contributed by atoms with Gasteiger partial charge in [0.1, 0.15) is 0 Å². The van der Waals surface area contributed by atoms with Crippen LogP contribution in [-0.4, -0.2) is 27.3 Å². The maximum atomic E-state index is 12.6. The fourth-order valence-electron chi connectivity index (χ4n) is 3.60. The number of halogens is 1. The molecule has 3 N–H and O–H groups in total. The van der Waals surface area contributed by atoms with Crippen molar-refractivity contribution < 1.29 is 4.79 Å². The number of nitrogens with zero attached hydrogens (tertiary/aromatic N) is 2. The number of nitrogens with one attached hydrogen (secondary N) is 1. The molecule has 132 valence electrons. The summed E-state index contributed by atoms with van der Waals surface area (Å²) in [4.78, 5) is 12.6. The van der Waals surface area contributed by atoms with Crippen molar-refractivity contribution >= 4 is 18.3 Å². The Balaban J connectivity index is 0.00000264. The summed E-state index contributed by atoms with van der Waals surface area (Å²) < 4.78 is 1.90. The van der Waals surface area contributed by atoms with Crippen molar-refractivity contribution in [1.82, 2.24) is 15.1 Å². The van der Waals surface area contributed by atoms with Gasteiger partial charge in [-0.1, -0.05) is 12.8 Å². The van der Waals surface area contributed by atoms with Gasteiger partial charge in [0.25, 0.3) is 0 Å². The largest absolute Gasteiger partial charge is 0.353 e. The van der Waals surface area contributed by atoms with Crippen LogP contribution in [0.3, 0.4) is 0 Å². The molecule has 0 aromatic carbocycles. The first-order valence-corrected chi connectivity index (χ1v) is 8.30. The molecule has 3 atom stereocenters. The highest BCUT2D eigenvalue weighted by Gasteiger charge is 2.38. The third-order valence-corrected chi connectivity index (χ3v) is 5.13. The van der Waals surface area contributed by atoms with E-state index < -0.39 is 0 Å². The highest BCUT2D eigenvalue weighted by atomic mass is 35.5. The highest BCUT2D eigenvalue weighted by Crippen LogP contribution is 2.31. The molecule has 6 heteroatoms. The van der Waals surface area contributed by atoms with Gasteiger partial charge in [0.15, 0.2) is 0 Å². The first-order chi connectivity index (χ1) is 10.2. The average Bonchev–Trinajstić information content (AvgIpc) is 2.64. The van der Waals surface area contributed by atoms with Gasteiger partial charge in [-0.15, -0.1) is 12.4 Å². The third kappa shape index (κ3) is 4.48. The highest BCUT2D eigenvalue weighted by molar-refractivity contribution is 5.85. The smallest absolute Gasteiger partial charge is 0.225 e. The van der Waals surface area contributed by atoms with Gasteiger partial charge in [0.2, 0.25) is 5.91 Å². The lowest BCUT2D eigenvalue weighted by Crippen LogP contribution is -2.54. The lowest BCUT2D eigenvalue weighted by Gasteiger charge is -2.37. The second-order valence-corrected chi connectivity index (χ2v) is 7.19. The zero-order valence-electron chi connectivity index (χ0n) is 15.0. The summed E-state index contributed by atoms with van der Waals surface area (Å²) in [5.41, 5.74) is 9.40. The maximum absolute atomic E-state index is 12.6. The van der Waals surface area contributed by atoms with Gasteiger partial charge in [-0.25, -0.2) is 0 Å². The molecular formula is C17H31ClN4O. The number of aromatic nitrogens is 2. The maximum Gasteiger partial charge on any atom is 0.225 e. The molecule has 1 heterocycles. The Morgan fingerprint density at radius 3 is 2.65 bits per heavy atom. The summed E-state index contributed by atoms with van der Waals surface area (Å²) in [6.45, 7) is 8.16. The Kier molecular flexibility index (Phi) is 6.66. The van der Waals surface area contributed by atoms with Crippen LogP contribution in [0.15, 0.2) is 0 Å². The van der Waals surface area contributed by atoms with Gasteiger partial charge in [-0.05, 0) is 52.5 Å². The first-order valence-electron chi connectivity index (χ1n) is 8.30. The van der Waals surface area contributed by atoms with E-state index in [4.69, 9.17) is 5.73 Å². The molecule has 1 amide bonds. The molecule has 23 heavy (non-hydrogen) atoms. The Morgan fingerprint density at radius 2 is 2.13 bits per heavy atom. The monoisotopic (exact) mass is 342 g/mol. The minimum Gasteiger partial charge on any atom is -0.353 e. The molecule has 1 aromatic rings. The van der Waals surface area contributed by atoms with Crippen LogP contribution in [0.1, 0.15) is 56.5 Å². The van der Waals surface area contributed by atoms with Gasteiger partial charge in [-0.2, -0.15) is 5.10 Å². The summed E-state index contributed by atoms with van der Waals surface area (Å²) in [5.74, 6) is 0.0381. The molecule has 1 fully saturated rings. The first kappa shape index (κ1) is 20.0. The normalized spacial score (nSPS) is 25.6. The average molecular weight is 343 g/mol. The van der Waals surface area contributed by atoms with E-state index in [1.807, 2.05) is 25.6 Å². The zero-order chi connectivity index (χ0) is 16.5. The lowest BCUT2D eigenvalue weighted by atomic mass is 9.74. The van der Waals surface area contributed by atoms with Crippen molar-refractivity contribution in [3.05, 3.63) is 17.0 Å². The summed E-state index contributed by atoms with van der Waals surface area (Å²) in [6.07, 6.45) is 4.86. The standard InChI is InChI=1S/C17H30N4O.ClH/c1-11(10-14-12(2)20-21(5)13(14)3)19-16(22)15-8-6-7-9-17(15,4)18;/h11,15H,6-10,18H2,1-5H3,(H,19,22);1H. The van der Waals surface area contributed by atoms with E-state index in [0.717, 1.165) is 37.8 Å². The molecule has 2 rings (SSSR count). The predicted octanol–water partition coefficient (Wildman–Crippen LogP) is 2.41. The van der Waals surface area contributed by atoms with E-state index in [0.29, 0.717) is 0 Å². The topological polar surface area (TPSA) is 72.9 Å². The van der Waals surface area contributed by atoms with Crippen LogP contribution in [-0.2, 0) is 18.3 Å². The van der Waals surface area contributed by atoms with Crippen molar-refractivity contribution in [1.29, 1.82) is 0 Å². The Morgan fingerprint density at radius 1 is 1.48 bits per heavy atom. The molecular weight excluding hydrogens is 312 g/mol. The Labute approximate surface area is 145 Å². The van der Waals surface area contributed by atoms with E-state index >= 15 is 0 Å². The molecule has 1 aliphatic rings. The number of hydrogen-bond donors (Lipinski definition) is 2. The number of carbonyl (C=O) groups excluding carboxylic acids is 1. The van der Waals surface area contributed by atoms with Gasteiger partial charge in [0.05, 0.1) is 11.6 Å². The van der Waals surface area contributed by atoms with Crippen molar-refractivity contribution in [3.63, 3.8) is 0 Å². The summed E-state index contributed by atoms with van der Waals surface area (Å²) in [5, 5.41) is 7.60. The second-order valence-electron chi connectivity index (χ2n) is 7.19. The van der Waals surface area contributed by atoms with Crippen molar-refractivity contribution in [2.75, 3.05) is 0 Å². The predicted molar refractivity (Wildman–Crippen MR) is 95.8 cm³/mol. The van der Waals surface area contributed by atoms with Crippen LogP contribution in [0, 0.1) is 19.8 Å². The van der Waals surface area contributed by atoms with Gasteiger partial charge >= 0.3 is 0 Å². The Bertz CT molecular complexity index is 553. The molecule has 0 radical (unpaired) electrons. The second kappa shape index (κ2) is 7.67. The fourth-order valence-corrected chi connectivity index (χ4v) is 3.60. The number of aryl methyl sites for hydroxylation is 2. The molecule has 1 saturated carbocycles. The van der Waals surface area contributed by atoms with E-state index in [1.165, 1.54) is 11.3 Å². The van der Waals surface area contributed by atoms with Gasteiger partial charge < -0.3 is 11.1 Å². The SMILES string of the molecule is Cc1nn(C)c(C)c1CC(C)NC(=O)C1CCCCC1(C)N.Cl. The number of amides is 1. The Hall–Kier alpha value is -1.07. The van der Waals surface area contributed by atoms with Gasteiger partial charge in [-0.3, -0.25) is 9.48 Å². The molecule has 1 aromatic heterocycles. The van der Waals surface area contributed by atoms with Gasteiger partial charge in [0, 0.05) is 24.3 Å². The molecule has 0 bridgehead atoms. The molecule has 0 spiro atoms. The van der Waals surface area contributed by atoms with Crippen molar-refractivity contribution in [2.24, 2.45) is 18.7 Å². The van der Waals surface area contributed by atoms with E-state index in [2.05, 4.69) is 24.3 Å². The van der Waals surface area contributed by atoms with E-state index in [9.17, 15) is 4.79 Å². The quantitative estimate of drug-likeness (QED) is 0.882. The fraction of sp³-hybridized carbons (Fsp3) is 0.765. The molecule has 1 aliphatic carbocycles. The molecule has 0 aliphatic heterocycles. The number of nitrogens with two attached hydrogens (primary N) is 1. The zero-order valence-corrected chi connectivity index (χ0v) is 15.8. The third-order valence-electron chi connectivity index (χ3n) is 5.13. The van der Waals surface area contributed by atoms with E-state index in [-0.39, 0.29) is 35.8 Å². The number of carbonyl (C=O) groups is 1. The molecule has 5 nitrogen and oxygen atoms in total. The summed E-state index contributed by atoms with van der Waals surface area (Å²) in [7, 11) is 1.96. The molecule has 0 saturated heterocycles. The van der Waals surface area contributed by atoms with Crippen LogP contribution in [0.4, 0.5) is 0 Å². The van der Waals surface area contributed by atoms with Crippen LogP contribution in [0.2, 0.25) is 0 Å². The summed E-state index contributed by atoms with van der Waals surface area (Å²) in [6, 6.07) is 0.0897. The van der Waals surface area contributed by atoms with E-state index in [1.54, 1.807) is 0 Å². The minimum absolute atomic E-state index is 0. The van der Waals surface area contributed by atoms with Crippen LogP contribution in [0.25, 0.3) is 0 Å². The van der Waals surface area contributed by atoms with Crippen molar-refractivity contribution in [2.45, 2.75) is 71.4 Å². The van der Waals surface area contributed by atoms with Crippen molar-refractivity contribution in [3.8, 4) is 0 Å². The number of rotatable bonds is 4. The minimum atomic E-state index is -0.373. The van der Waals surface area contributed by atoms with Crippen LogP contribution >= 0.6 is 12.4 Å². The van der Waals surface area contributed by atoms with Crippen LogP contribution < -0.4 is 11.1 Å². The summed E-state index contributed by atoms with van der Waals surface area (Å²) >= 11 is 0. The molecule has 3 unspecified atom stereocenters.